The van der Waals surface area contributed by atoms with Gasteiger partial charge < -0.3 is 10.1 Å². The van der Waals surface area contributed by atoms with Crippen LogP contribution in [-0.4, -0.2) is 19.2 Å². The number of piperidine rings is 1. The summed E-state index contributed by atoms with van der Waals surface area (Å²) in [4.78, 5) is 0. The second-order valence-electron chi connectivity index (χ2n) is 6.50. The first-order valence-electron chi connectivity index (χ1n) is 7.51. The molecule has 0 radical (unpaired) electrons. The van der Waals surface area contributed by atoms with E-state index in [1.165, 1.54) is 11.1 Å². The van der Waals surface area contributed by atoms with E-state index < -0.39 is 0 Å². The lowest BCUT2D eigenvalue weighted by atomic mass is 9.85. The fourth-order valence-corrected chi connectivity index (χ4v) is 2.58. The van der Waals surface area contributed by atoms with E-state index in [0.717, 1.165) is 38.1 Å². The maximum absolute atomic E-state index is 6.27. The summed E-state index contributed by atoms with van der Waals surface area (Å²) >= 11 is 0. The van der Waals surface area contributed by atoms with E-state index in [9.17, 15) is 0 Å². The number of aryl methyl sites for hydroxylation is 1. The third-order valence-corrected chi connectivity index (χ3v) is 3.84. The zero-order valence-electron chi connectivity index (χ0n) is 12.8. The van der Waals surface area contributed by atoms with Crippen LogP contribution in [0, 0.1) is 0 Å². The third-order valence-electron chi connectivity index (χ3n) is 3.84. The Morgan fingerprint density at radius 2 is 1.89 bits per heavy atom. The molecule has 0 aromatic heterocycles. The number of hydrogen-bond donors (Lipinski definition) is 1. The first-order chi connectivity index (χ1) is 9.00. The molecule has 19 heavy (non-hydrogen) atoms. The molecule has 1 N–H and O–H groups in total. The van der Waals surface area contributed by atoms with E-state index >= 15 is 0 Å². The van der Waals surface area contributed by atoms with Gasteiger partial charge in [0.25, 0.3) is 0 Å². The molecule has 2 nitrogen and oxygen atoms in total. The van der Waals surface area contributed by atoms with Crippen LogP contribution in [0.2, 0.25) is 0 Å². The number of benzene rings is 1. The fraction of sp³-hybridized carbons (Fsp3) is 0.647. The highest BCUT2D eigenvalue weighted by Gasteiger charge is 2.22. The van der Waals surface area contributed by atoms with Crippen molar-refractivity contribution in [1.29, 1.82) is 0 Å². The van der Waals surface area contributed by atoms with Gasteiger partial charge in [0, 0.05) is 0 Å². The zero-order valence-corrected chi connectivity index (χ0v) is 12.8. The molecule has 0 unspecified atom stereocenters. The molecule has 1 aromatic rings. The lowest BCUT2D eigenvalue weighted by Crippen LogP contribution is -2.34. The van der Waals surface area contributed by atoms with Crippen LogP contribution in [0.15, 0.2) is 18.2 Å². The van der Waals surface area contributed by atoms with Crippen LogP contribution in [0.3, 0.4) is 0 Å². The normalized spacial score (nSPS) is 17.5. The lowest BCUT2D eigenvalue weighted by Gasteiger charge is -2.29. The van der Waals surface area contributed by atoms with E-state index in [1.807, 2.05) is 0 Å². The van der Waals surface area contributed by atoms with Crippen molar-refractivity contribution in [1.82, 2.24) is 5.32 Å². The van der Waals surface area contributed by atoms with Crippen LogP contribution < -0.4 is 10.1 Å². The summed E-state index contributed by atoms with van der Waals surface area (Å²) in [7, 11) is 0. The fourth-order valence-electron chi connectivity index (χ4n) is 2.58. The van der Waals surface area contributed by atoms with Gasteiger partial charge in [-0.05, 0) is 55.0 Å². The van der Waals surface area contributed by atoms with Crippen LogP contribution in [0.5, 0.6) is 5.75 Å². The Bertz CT molecular complexity index is 414. The highest BCUT2D eigenvalue weighted by Crippen LogP contribution is 2.33. The Labute approximate surface area is 117 Å². The van der Waals surface area contributed by atoms with E-state index in [1.54, 1.807) is 0 Å². The number of rotatable bonds is 3. The lowest BCUT2D eigenvalue weighted by molar-refractivity contribution is 0.159. The maximum atomic E-state index is 6.27. The van der Waals surface area contributed by atoms with Crippen molar-refractivity contribution in [2.75, 3.05) is 13.1 Å². The van der Waals surface area contributed by atoms with Gasteiger partial charge in [0.2, 0.25) is 0 Å². The van der Waals surface area contributed by atoms with Gasteiger partial charge in [0.1, 0.15) is 11.9 Å². The average Bonchev–Trinajstić information content (AvgIpc) is 2.39. The summed E-state index contributed by atoms with van der Waals surface area (Å²) in [5, 5.41) is 3.38. The van der Waals surface area contributed by atoms with E-state index in [4.69, 9.17) is 4.74 Å². The largest absolute Gasteiger partial charge is 0.490 e. The van der Waals surface area contributed by atoms with Crippen molar-refractivity contribution in [2.45, 2.75) is 58.5 Å². The third kappa shape index (κ3) is 3.73. The SMILES string of the molecule is CCc1ccc(OC2CCNCC2)c(C(C)(C)C)c1. The number of nitrogens with one attached hydrogen (secondary N) is 1. The van der Waals surface area contributed by atoms with Crippen LogP contribution in [0.1, 0.15) is 51.7 Å². The monoisotopic (exact) mass is 261 g/mol. The molecule has 1 heterocycles. The van der Waals surface area contributed by atoms with Gasteiger partial charge in [-0.15, -0.1) is 0 Å². The minimum absolute atomic E-state index is 0.132. The molecule has 0 spiro atoms. The molecule has 1 aliphatic heterocycles. The van der Waals surface area contributed by atoms with Gasteiger partial charge in [0.05, 0.1) is 0 Å². The van der Waals surface area contributed by atoms with Gasteiger partial charge >= 0.3 is 0 Å². The molecule has 0 saturated carbocycles. The molecule has 2 heteroatoms. The molecule has 0 amide bonds. The molecule has 1 aliphatic rings. The summed E-state index contributed by atoms with van der Waals surface area (Å²) in [6, 6.07) is 6.68. The summed E-state index contributed by atoms with van der Waals surface area (Å²) in [6.07, 6.45) is 3.67. The van der Waals surface area contributed by atoms with Gasteiger partial charge in [-0.1, -0.05) is 39.8 Å². The summed E-state index contributed by atoms with van der Waals surface area (Å²) in [6.45, 7) is 11.1. The Hall–Kier alpha value is -1.02. The van der Waals surface area contributed by atoms with Crippen molar-refractivity contribution in [3.8, 4) is 5.75 Å². The second-order valence-corrected chi connectivity index (χ2v) is 6.50. The maximum Gasteiger partial charge on any atom is 0.123 e. The number of hydrogen-bond acceptors (Lipinski definition) is 2. The van der Waals surface area contributed by atoms with E-state index in [2.05, 4.69) is 51.2 Å². The average molecular weight is 261 g/mol. The first-order valence-corrected chi connectivity index (χ1v) is 7.51. The molecule has 1 fully saturated rings. The summed E-state index contributed by atoms with van der Waals surface area (Å²) < 4.78 is 6.27. The Morgan fingerprint density at radius 3 is 2.47 bits per heavy atom. The van der Waals surface area contributed by atoms with Crippen LogP contribution >= 0.6 is 0 Å². The van der Waals surface area contributed by atoms with Crippen molar-refractivity contribution in [3.63, 3.8) is 0 Å². The van der Waals surface area contributed by atoms with Crippen molar-refractivity contribution >= 4 is 0 Å². The molecular formula is C17H27NO. The van der Waals surface area contributed by atoms with Crippen LogP contribution in [0.4, 0.5) is 0 Å². The number of ether oxygens (including phenoxy) is 1. The molecule has 106 valence electrons. The Balaban J connectivity index is 2.23. The van der Waals surface area contributed by atoms with Crippen LogP contribution in [-0.2, 0) is 11.8 Å². The standard InChI is InChI=1S/C17H27NO/c1-5-13-6-7-16(15(12-13)17(2,3)4)19-14-8-10-18-11-9-14/h6-7,12,14,18H,5,8-11H2,1-4H3. The summed E-state index contributed by atoms with van der Waals surface area (Å²) in [5.41, 5.74) is 2.86. The van der Waals surface area contributed by atoms with Crippen LogP contribution in [0.25, 0.3) is 0 Å². The Morgan fingerprint density at radius 1 is 1.21 bits per heavy atom. The molecule has 0 atom stereocenters. The smallest absolute Gasteiger partial charge is 0.123 e. The highest BCUT2D eigenvalue weighted by atomic mass is 16.5. The molecule has 1 saturated heterocycles. The van der Waals surface area contributed by atoms with E-state index in [-0.39, 0.29) is 5.41 Å². The van der Waals surface area contributed by atoms with Gasteiger partial charge in [0.15, 0.2) is 0 Å². The minimum atomic E-state index is 0.132. The minimum Gasteiger partial charge on any atom is -0.490 e. The van der Waals surface area contributed by atoms with Gasteiger partial charge in [-0.25, -0.2) is 0 Å². The van der Waals surface area contributed by atoms with Crippen molar-refractivity contribution in [3.05, 3.63) is 29.3 Å². The molecule has 0 aliphatic carbocycles. The predicted molar refractivity (Wildman–Crippen MR) is 81.0 cm³/mol. The summed E-state index contributed by atoms with van der Waals surface area (Å²) in [5.74, 6) is 1.08. The zero-order chi connectivity index (χ0) is 13.9. The van der Waals surface area contributed by atoms with Gasteiger partial charge in [-0.3, -0.25) is 0 Å². The quantitative estimate of drug-likeness (QED) is 0.896. The first kappa shape index (κ1) is 14.4. The predicted octanol–water partition coefficient (Wildman–Crippen LogP) is 3.68. The molecule has 1 aromatic carbocycles. The van der Waals surface area contributed by atoms with Crippen molar-refractivity contribution < 1.29 is 4.74 Å². The molecular weight excluding hydrogens is 234 g/mol. The van der Waals surface area contributed by atoms with E-state index in [0.29, 0.717) is 6.10 Å². The topological polar surface area (TPSA) is 21.3 Å². The van der Waals surface area contributed by atoms with Crippen molar-refractivity contribution in [2.24, 2.45) is 0 Å². The highest BCUT2D eigenvalue weighted by molar-refractivity contribution is 5.41. The molecule has 0 bridgehead atoms. The Kier molecular flexibility index (Phi) is 4.51. The molecule has 2 rings (SSSR count). The second kappa shape index (κ2) is 5.96. The van der Waals surface area contributed by atoms with Gasteiger partial charge in [-0.2, -0.15) is 0 Å².